The average molecular weight is 317 g/mol. The highest BCUT2D eigenvalue weighted by atomic mass is 32.2. The van der Waals surface area contributed by atoms with Crippen LogP contribution in [0.3, 0.4) is 0 Å². The lowest BCUT2D eigenvalue weighted by atomic mass is 10.1. The minimum Gasteiger partial charge on any atom is -0.395 e. The number of hydrogen-bond acceptors (Lipinski definition) is 3. The molecule has 2 aromatic carbocycles. The van der Waals surface area contributed by atoms with Crippen LogP contribution in [-0.4, -0.2) is 31.0 Å². The van der Waals surface area contributed by atoms with Crippen molar-refractivity contribution < 1.29 is 13.5 Å². The van der Waals surface area contributed by atoms with Crippen LogP contribution in [-0.2, 0) is 16.4 Å². The van der Waals surface area contributed by atoms with Gasteiger partial charge in [-0.25, -0.2) is 8.42 Å². The number of fused-ring (bicyclic) bond motifs is 1. The fourth-order valence-electron chi connectivity index (χ4n) is 3.10. The molecule has 0 heterocycles. The SMILES string of the molecule is O=S(=O)(c1ccccc1)N(CCO)C1CCc2ccccc21. The Morgan fingerprint density at radius 1 is 1.05 bits per heavy atom. The second kappa shape index (κ2) is 6.20. The second-order valence-corrected chi connectivity index (χ2v) is 7.30. The number of benzene rings is 2. The predicted molar refractivity (Wildman–Crippen MR) is 84.9 cm³/mol. The number of rotatable bonds is 5. The topological polar surface area (TPSA) is 57.6 Å². The Morgan fingerprint density at radius 2 is 1.73 bits per heavy atom. The van der Waals surface area contributed by atoms with E-state index in [9.17, 15) is 13.5 Å². The Labute approximate surface area is 131 Å². The van der Waals surface area contributed by atoms with Crippen molar-refractivity contribution in [1.82, 2.24) is 4.31 Å². The summed E-state index contributed by atoms with van der Waals surface area (Å²) in [6, 6.07) is 16.2. The molecule has 1 aliphatic rings. The third-order valence-corrected chi connectivity index (χ3v) is 6.04. The molecule has 0 saturated carbocycles. The summed E-state index contributed by atoms with van der Waals surface area (Å²) in [5.74, 6) is 0. The number of aryl methyl sites for hydroxylation is 1. The fraction of sp³-hybridized carbons (Fsp3) is 0.294. The molecule has 0 spiro atoms. The Hall–Kier alpha value is -1.69. The molecule has 5 heteroatoms. The van der Waals surface area contributed by atoms with Crippen molar-refractivity contribution in [3.8, 4) is 0 Å². The van der Waals surface area contributed by atoms with Crippen molar-refractivity contribution in [2.45, 2.75) is 23.8 Å². The van der Waals surface area contributed by atoms with Gasteiger partial charge in [-0.2, -0.15) is 4.31 Å². The Balaban J connectivity index is 2.01. The fourth-order valence-corrected chi connectivity index (χ4v) is 4.75. The first kappa shape index (κ1) is 15.2. The molecule has 116 valence electrons. The van der Waals surface area contributed by atoms with Crippen LogP contribution in [0.2, 0.25) is 0 Å². The molecule has 2 aromatic rings. The van der Waals surface area contributed by atoms with Crippen LogP contribution in [0.25, 0.3) is 0 Å². The molecule has 1 unspecified atom stereocenters. The zero-order valence-electron chi connectivity index (χ0n) is 12.2. The minimum absolute atomic E-state index is 0.107. The summed E-state index contributed by atoms with van der Waals surface area (Å²) in [6.45, 7) is -0.0824. The van der Waals surface area contributed by atoms with Gasteiger partial charge in [0.1, 0.15) is 0 Å². The van der Waals surface area contributed by atoms with Crippen LogP contribution in [0.4, 0.5) is 0 Å². The van der Waals surface area contributed by atoms with Gasteiger partial charge in [0.05, 0.1) is 17.5 Å². The molecule has 0 amide bonds. The van der Waals surface area contributed by atoms with Crippen LogP contribution in [0.15, 0.2) is 59.5 Å². The van der Waals surface area contributed by atoms with Gasteiger partial charge in [0, 0.05) is 6.54 Å². The number of nitrogens with zero attached hydrogens (tertiary/aromatic N) is 1. The van der Waals surface area contributed by atoms with Crippen LogP contribution in [0, 0.1) is 0 Å². The van der Waals surface area contributed by atoms with E-state index >= 15 is 0 Å². The summed E-state index contributed by atoms with van der Waals surface area (Å²) in [6.07, 6.45) is 1.62. The van der Waals surface area contributed by atoms with Crippen molar-refractivity contribution in [3.05, 3.63) is 65.7 Å². The van der Waals surface area contributed by atoms with Gasteiger partial charge in [-0.3, -0.25) is 0 Å². The van der Waals surface area contributed by atoms with Gasteiger partial charge in [-0.15, -0.1) is 0 Å². The zero-order chi connectivity index (χ0) is 15.6. The monoisotopic (exact) mass is 317 g/mol. The molecular weight excluding hydrogens is 298 g/mol. The Morgan fingerprint density at radius 3 is 2.45 bits per heavy atom. The zero-order valence-corrected chi connectivity index (χ0v) is 13.0. The highest BCUT2D eigenvalue weighted by Crippen LogP contribution is 2.38. The van der Waals surface area contributed by atoms with Crippen LogP contribution >= 0.6 is 0 Å². The summed E-state index contributed by atoms with van der Waals surface area (Å²) in [5.41, 5.74) is 2.24. The first-order valence-corrected chi connectivity index (χ1v) is 8.84. The quantitative estimate of drug-likeness (QED) is 0.921. The normalized spacial score (nSPS) is 17.6. The molecule has 1 N–H and O–H groups in total. The largest absolute Gasteiger partial charge is 0.395 e. The van der Waals surface area contributed by atoms with Gasteiger partial charge in [-0.1, -0.05) is 42.5 Å². The van der Waals surface area contributed by atoms with Gasteiger partial charge in [0.15, 0.2) is 0 Å². The van der Waals surface area contributed by atoms with Crippen LogP contribution in [0.1, 0.15) is 23.6 Å². The number of hydrogen-bond donors (Lipinski definition) is 1. The van der Waals surface area contributed by atoms with Gasteiger partial charge in [0.2, 0.25) is 10.0 Å². The first-order valence-electron chi connectivity index (χ1n) is 7.40. The molecule has 0 saturated heterocycles. The predicted octanol–water partition coefficient (Wildman–Crippen LogP) is 2.36. The summed E-state index contributed by atoms with van der Waals surface area (Å²) in [4.78, 5) is 0.271. The minimum atomic E-state index is -3.62. The lowest BCUT2D eigenvalue weighted by molar-refractivity contribution is 0.225. The number of aliphatic hydroxyl groups excluding tert-OH is 1. The standard InChI is InChI=1S/C17H19NO3S/c19-13-12-18(22(20,21)15-7-2-1-3-8-15)17-11-10-14-6-4-5-9-16(14)17/h1-9,17,19H,10-13H2. The third-order valence-electron chi connectivity index (χ3n) is 4.12. The molecule has 0 aromatic heterocycles. The number of aliphatic hydroxyl groups is 1. The van der Waals surface area contributed by atoms with Crippen molar-refractivity contribution in [3.63, 3.8) is 0 Å². The van der Waals surface area contributed by atoms with Gasteiger partial charge in [0.25, 0.3) is 0 Å². The van der Waals surface area contributed by atoms with E-state index in [1.54, 1.807) is 30.3 Å². The van der Waals surface area contributed by atoms with Gasteiger partial charge < -0.3 is 5.11 Å². The van der Waals surface area contributed by atoms with Crippen molar-refractivity contribution in [1.29, 1.82) is 0 Å². The smallest absolute Gasteiger partial charge is 0.243 e. The summed E-state index contributed by atoms with van der Waals surface area (Å²) in [7, 11) is -3.62. The first-order chi connectivity index (χ1) is 10.6. The molecule has 0 bridgehead atoms. The van der Waals surface area contributed by atoms with E-state index < -0.39 is 10.0 Å². The van der Waals surface area contributed by atoms with Crippen LogP contribution in [0.5, 0.6) is 0 Å². The second-order valence-electron chi connectivity index (χ2n) is 5.41. The molecule has 3 rings (SSSR count). The Kier molecular flexibility index (Phi) is 4.29. The van der Waals surface area contributed by atoms with Gasteiger partial charge in [-0.05, 0) is 36.1 Å². The van der Waals surface area contributed by atoms with E-state index in [-0.39, 0.29) is 24.1 Å². The molecule has 4 nitrogen and oxygen atoms in total. The van der Waals surface area contributed by atoms with E-state index in [2.05, 4.69) is 0 Å². The molecule has 22 heavy (non-hydrogen) atoms. The molecular formula is C17H19NO3S. The van der Waals surface area contributed by atoms with E-state index in [0.29, 0.717) is 0 Å². The maximum Gasteiger partial charge on any atom is 0.243 e. The van der Waals surface area contributed by atoms with E-state index in [1.807, 2.05) is 24.3 Å². The Bertz CT molecular complexity index is 744. The highest BCUT2D eigenvalue weighted by Gasteiger charge is 2.35. The maximum absolute atomic E-state index is 12.9. The third kappa shape index (κ3) is 2.67. The summed E-state index contributed by atoms with van der Waals surface area (Å²) < 4.78 is 27.3. The molecule has 0 fully saturated rings. The molecule has 1 aliphatic carbocycles. The summed E-state index contributed by atoms with van der Waals surface area (Å²) in [5, 5.41) is 9.35. The summed E-state index contributed by atoms with van der Waals surface area (Å²) >= 11 is 0. The van der Waals surface area contributed by atoms with Crippen molar-refractivity contribution >= 4 is 10.0 Å². The maximum atomic E-state index is 12.9. The van der Waals surface area contributed by atoms with Crippen molar-refractivity contribution in [2.75, 3.05) is 13.2 Å². The average Bonchev–Trinajstić information content (AvgIpc) is 2.97. The highest BCUT2D eigenvalue weighted by molar-refractivity contribution is 7.89. The lowest BCUT2D eigenvalue weighted by Crippen LogP contribution is -2.36. The van der Waals surface area contributed by atoms with Crippen LogP contribution < -0.4 is 0 Å². The van der Waals surface area contributed by atoms with Crippen molar-refractivity contribution in [2.24, 2.45) is 0 Å². The molecule has 0 radical (unpaired) electrons. The van der Waals surface area contributed by atoms with E-state index in [4.69, 9.17) is 0 Å². The molecule has 0 aliphatic heterocycles. The lowest BCUT2D eigenvalue weighted by Gasteiger charge is -2.28. The molecule has 1 atom stereocenters. The number of sulfonamides is 1. The van der Waals surface area contributed by atoms with E-state index in [1.165, 1.54) is 9.87 Å². The van der Waals surface area contributed by atoms with Gasteiger partial charge >= 0.3 is 0 Å². The van der Waals surface area contributed by atoms with E-state index in [0.717, 1.165) is 18.4 Å².